The first kappa shape index (κ1) is 19.1. The number of nitrogens with one attached hydrogen (secondary N) is 1. The standard InChI is InChI=1S/C20H19N3O5/c1-12(27-20(25)15-5-4-6-16(11-15)21-13(2)24)18-22-23-19(28-18)14-7-9-17(26-3)10-8-14/h4-12H,1-3H3,(H,21,24)/t12-/m1/s1. The summed E-state index contributed by atoms with van der Waals surface area (Å²) in [6, 6.07) is 13.6. The van der Waals surface area contributed by atoms with Gasteiger partial charge in [-0.05, 0) is 49.4 Å². The largest absolute Gasteiger partial charge is 0.497 e. The van der Waals surface area contributed by atoms with Gasteiger partial charge in [-0.3, -0.25) is 4.79 Å². The Kier molecular flexibility index (Phi) is 5.69. The summed E-state index contributed by atoms with van der Waals surface area (Å²) in [5, 5.41) is 10.6. The van der Waals surface area contributed by atoms with Crippen molar-refractivity contribution < 1.29 is 23.5 Å². The third-order valence-electron chi connectivity index (χ3n) is 3.83. The van der Waals surface area contributed by atoms with E-state index >= 15 is 0 Å². The van der Waals surface area contributed by atoms with E-state index in [1.165, 1.54) is 13.0 Å². The molecule has 0 saturated heterocycles. The van der Waals surface area contributed by atoms with Crippen LogP contribution in [-0.4, -0.2) is 29.2 Å². The minimum Gasteiger partial charge on any atom is -0.497 e. The quantitative estimate of drug-likeness (QED) is 0.650. The summed E-state index contributed by atoms with van der Waals surface area (Å²) in [4.78, 5) is 23.5. The molecule has 1 amide bonds. The normalized spacial score (nSPS) is 11.5. The van der Waals surface area contributed by atoms with Crippen LogP contribution in [0.15, 0.2) is 52.9 Å². The summed E-state index contributed by atoms with van der Waals surface area (Å²) in [6.45, 7) is 3.03. The van der Waals surface area contributed by atoms with Gasteiger partial charge in [-0.1, -0.05) is 6.07 Å². The molecular formula is C20H19N3O5. The molecule has 2 aromatic carbocycles. The summed E-state index contributed by atoms with van der Waals surface area (Å²) < 4.78 is 16.1. The van der Waals surface area contributed by atoms with Gasteiger partial charge in [0.15, 0.2) is 6.10 Å². The van der Waals surface area contributed by atoms with Gasteiger partial charge >= 0.3 is 5.97 Å². The number of carbonyl (C=O) groups excluding carboxylic acids is 2. The van der Waals surface area contributed by atoms with Crippen LogP contribution in [0.3, 0.4) is 0 Å². The predicted molar refractivity (Wildman–Crippen MR) is 101 cm³/mol. The van der Waals surface area contributed by atoms with E-state index in [1.54, 1.807) is 56.5 Å². The molecule has 28 heavy (non-hydrogen) atoms. The molecule has 3 rings (SSSR count). The van der Waals surface area contributed by atoms with E-state index in [-0.39, 0.29) is 11.8 Å². The third kappa shape index (κ3) is 4.53. The number of ether oxygens (including phenoxy) is 2. The molecule has 0 aliphatic heterocycles. The number of anilines is 1. The van der Waals surface area contributed by atoms with Crippen LogP contribution < -0.4 is 10.1 Å². The maximum Gasteiger partial charge on any atom is 0.338 e. The summed E-state index contributed by atoms with van der Waals surface area (Å²) in [5.41, 5.74) is 1.53. The molecule has 8 nitrogen and oxygen atoms in total. The second kappa shape index (κ2) is 8.34. The van der Waals surface area contributed by atoms with Gasteiger partial charge in [0.05, 0.1) is 12.7 Å². The average Bonchev–Trinajstić information content (AvgIpc) is 3.18. The molecule has 144 valence electrons. The van der Waals surface area contributed by atoms with E-state index < -0.39 is 12.1 Å². The van der Waals surface area contributed by atoms with Crippen LogP contribution in [0.1, 0.15) is 36.2 Å². The number of hydrogen-bond acceptors (Lipinski definition) is 7. The molecule has 8 heteroatoms. The van der Waals surface area contributed by atoms with Crippen molar-refractivity contribution in [2.24, 2.45) is 0 Å². The molecular weight excluding hydrogens is 362 g/mol. The van der Waals surface area contributed by atoms with Crippen LogP contribution in [0.2, 0.25) is 0 Å². The van der Waals surface area contributed by atoms with E-state index in [0.717, 1.165) is 5.56 Å². The van der Waals surface area contributed by atoms with Crippen molar-refractivity contribution in [3.05, 3.63) is 60.0 Å². The highest BCUT2D eigenvalue weighted by Gasteiger charge is 2.20. The van der Waals surface area contributed by atoms with E-state index in [0.29, 0.717) is 22.9 Å². The molecule has 0 saturated carbocycles. The molecule has 1 N–H and O–H groups in total. The van der Waals surface area contributed by atoms with Crippen LogP contribution in [0.4, 0.5) is 5.69 Å². The van der Waals surface area contributed by atoms with Gasteiger partial charge in [-0.25, -0.2) is 4.79 Å². The number of aromatic nitrogens is 2. The van der Waals surface area contributed by atoms with Gasteiger partial charge in [-0.15, -0.1) is 10.2 Å². The van der Waals surface area contributed by atoms with Crippen molar-refractivity contribution in [3.63, 3.8) is 0 Å². The Bertz CT molecular complexity index is 982. The molecule has 0 aliphatic rings. The van der Waals surface area contributed by atoms with Gasteiger partial charge in [0.1, 0.15) is 5.75 Å². The second-order valence-corrected chi connectivity index (χ2v) is 5.98. The maximum absolute atomic E-state index is 12.4. The zero-order valence-corrected chi connectivity index (χ0v) is 15.6. The summed E-state index contributed by atoms with van der Waals surface area (Å²) in [7, 11) is 1.59. The number of rotatable bonds is 6. The highest BCUT2D eigenvalue weighted by atomic mass is 16.6. The van der Waals surface area contributed by atoms with Gasteiger partial charge in [0, 0.05) is 18.2 Å². The molecule has 0 radical (unpaired) electrons. The highest BCUT2D eigenvalue weighted by molar-refractivity contribution is 5.93. The fourth-order valence-corrected chi connectivity index (χ4v) is 2.46. The first-order valence-corrected chi connectivity index (χ1v) is 8.52. The van der Waals surface area contributed by atoms with Gasteiger partial charge in [0.2, 0.25) is 11.8 Å². The van der Waals surface area contributed by atoms with E-state index in [2.05, 4.69) is 15.5 Å². The zero-order chi connectivity index (χ0) is 20.1. The Labute approximate surface area is 161 Å². The minimum absolute atomic E-state index is 0.178. The SMILES string of the molecule is COc1ccc(-c2nnc([C@@H](C)OC(=O)c3cccc(NC(C)=O)c3)o2)cc1. The molecule has 1 aromatic heterocycles. The van der Waals surface area contributed by atoms with E-state index in [4.69, 9.17) is 13.9 Å². The van der Waals surface area contributed by atoms with Crippen molar-refractivity contribution in [2.45, 2.75) is 20.0 Å². The molecule has 1 heterocycles. The molecule has 3 aromatic rings. The van der Waals surface area contributed by atoms with Crippen molar-refractivity contribution in [3.8, 4) is 17.2 Å². The minimum atomic E-state index is -0.739. The predicted octanol–water partition coefficient (Wildman–Crippen LogP) is 3.62. The topological polar surface area (TPSA) is 104 Å². The first-order valence-electron chi connectivity index (χ1n) is 8.52. The lowest BCUT2D eigenvalue weighted by Crippen LogP contribution is -2.11. The second-order valence-electron chi connectivity index (χ2n) is 5.98. The summed E-state index contributed by atoms with van der Waals surface area (Å²) >= 11 is 0. The molecule has 0 spiro atoms. The van der Waals surface area contributed by atoms with Crippen LogP contribution in [0, 0.1) is 0 Å². The van der Waals surface area contributed by atoms with Crippen LogP contribution in [0.25, 0.3) is 11.5 Å². The molecule has 1 atom stereocenters. The fraction of sp³-hybridized carbons (Fsp3) is 0.200. The van der Waals surface area contributed by atoms with Gasteiger partial charge in [0.25, 0.3) is 5.89 Å². The number of esters is 1. The number of hydrogen-bond donors (Lipinski definition) is 1. The Balaban J connectivity index is 1.69. The smallest absolute Gasteiger partial charge is 0.338 e. The number of nitrogens with zero attached hydrogens (tertiary/aromatic N) is 2. The third-order valence-corrected chi connectivity index (χ3v) is 3.83. The van der Waals surface area contributed by atoms with Crippen molar-refractivity contribution in [1.82, 2.24) is 10.2 Å². The zero-order valence-electron chi connectivity index (χ0n) is 15.6. The van der Waals surface area contributed by atoms with Crippen molar-refractivity contribution in [1.29, 1.82) is 0 Å². The number of methoxy groups -OCH3 is 1. The summed E-state index contributed by atoms with van der Waals surface area (Å²) in [5.74, 6) is 0.414. The fourth-order valence-electron chi connectivity index (χ4n) is 2.46. The molecule has 0 aliphatic carbocycles. The van der Waals surface area contributed by atoms with Crippen LogP contribution in [-0.2, 0) is 9.53 Å². The number of amides is 1. The Morgan fingerprint density at radius 2 is 1.86 bits per heavy atom. The first-order chi connectivity index (χ1) is 13.5. The maximum atomic E-state index is 12.4. The van der Waals surface area contributed by atoms with Gasteiger partial charge < -0.3 is 19.2 Å². The Hall–Kier alpha value is -3.68. The summed E-state index contributed by atoms with van der Waals surface area (Å²) in [6.07, 6.45) is -0.739. The Morgan fingerprint density at radius 1 is 1.11 bits per heavy atom. The Morgan fingerprint density at radius 3 is 2.54 bits per heavy atom. The van der Waals surface area contributed by atoms with Crippen molar-refractivity contribution >= 4 is 17.6 Å². The number of carbonyl (C=O) groups is 2. The van der Waals surface area contributed by atoms with E-state index in [1.807, 2.05) is 0 Å². The number of benzene rings is 2. The molecule has 0 fully saturated rings. The van der Waals surface area contributed by atoms with Crippen LogP contribution in [0.5, 0.6) is 5.75 Å². The average molecular weight is 381 g/mol. The lowest BCUT2D eigenvalue weighted by Gasteiger charge is -2.10. The molecule has 0 bridgehead atoms. The van der Waals surface area contributed by atoms with Crippen LogP contribution >= 0.6 is 0 Å². The monoisotopic (exact) mass is 381 g/mol. The lowest BCUT2D eigenvalue weighted by atomic mass is 10.2. The molecule has 0 unspecified atom stereocenters. The van der Waals surface area contributed by atoms with E-state index in [9.17, 15) is 9.59 Å². The van der Waals surface area contributed by atoms with Crippen molar-refractivity contribution in [2.75, 3.05) is 12.4 Å². The van der Waals surface area contributed by atoms with Gasteiger partial charge in [-0.2, -0.15) is 0 Å². The lowest BCUT2D eigenvalue weighted by molar-refractivity contribution is -0.114. The highest BCUT2D eigenvalue weighted by Crippen LogP contribution is 2.25.